The predicted octanol–water partition coefficient (Wildman–Crippen LogP) is 4.32. The van der Waals surface area contributed by atoms with E-state index in [1.165, 1.54) is 7.11 Å². The van der Waals surface area contributed by atoms with Gasteiger partial charge in [0.2, 0.25) is 0 Å². The van der Waals surface area contributed by atoms with Gasteiger partial charge in [0.25, 0.3) is 0 Å². The molecule has 150 valence electrons. The van der Waals surface area contributed by atoms with Crippen molar-refractivity contribution < 1.29 is 19.1 Å². The van der Waals surface area contributed by atoms with E-state index in [9.17, 15) is 9.59 Å². The number of ether oxygens (including phenoxy) is 2. The minimum atomic E-state index is -0.531. The summed E-state index contributed by atoms with van der Waals surface area (Å²) in [5, 5.41) is 9.13. The van der Waals surface area contributed by atoms with Gasteiger partial charge >= 0.3 is 6.09 Å². The lowest BCUT2D eigenvalue weighted by Crippen LogP contribution is -2.56. The number of rotatable bonds is 3. The third-order valence-corrected chi connectivity index (χ3v) is 5.56. The highest BCUT2D eigenvalue weighted by Gasteiger charge is 2.44. The van der Waals surface area contributed by atoms with Gasteiger partial charge in [0.1, 0.15) is 17.4 Å². The van der Waals surface area contributed by atoms with Crippen molar-refractivity contribution in [1.29, 1.82) is 5.26 Å². The highest BCUT2D eigenvalue weighted by atomic mass is 16.6. The van der Waals surface area contributed by atoms with Crippen molar-refractivity contribution >= 4 is 11.9 Å². The fourth-order valence-corrected chi connectivity index (χ4v) is 4.38. The Kier molecular flexibility index (Phi) is 5.64. The monoisotopic (exact) mass is 384 g/mol. The maximum atomic E-state index is 13.1. The van der Waals surface area contributed by atoms with Crippen LogP contribution in [0.2, 0.25) is 0 Å². The lowest BCUT2D eigenvalue weighted by Gasteiger charge is -2.48. The van der Waals surface area contributed by atoms with Gasteiger partial charge in [0, 0.05) is 23.6 Å². The molecule has 6 heteroatoms. The first-order chi connectivity index (χ1) is 13.2. The van der Waals surface area contributed by atoms with E-state index < -0.39 is 5.60 Å². The summed E-state index contributed by atoms with van der Waals surface area (Å²) >= 11 is 0. The van der Waals surface area contributed by atoms with Gasteiger partial charge < -0.3 is 14.4 Å². The molecule has 6 nitrogen and oxygen atoms in total. The Labute approximate surface area is 166 Å². The lowest BCUT2D eigenvalue weighted by molar-refractivity contribution is -0.0260. The summed E-state index contributed by atoms with van der Waals surface area (Å²) in [5.41, 5.74) is 0.442. The number of fused-ring (bicyclic) bond motifs is 2. The average Bonchev–Trinajstić information content (AvgIpc) is 2.64. The van der Waals surface area contributed by atoms with E-state index in [1.54, 1.807) is 18.2 Å². The summed E-state index contributed by atoms with van der Waals surface area (Å²) in [6.45, 7) is 5.61. The van der Waals surface area contributed by atoms with E-state index in [0.717, 1.165) is 19.3 Å². The molecule has 0 aromatic heterocycles. The predicted molar refractivity (Wildman–Crippen MR) is 104 cm³/mol. The fourth-order valence-electron chi connectivity index (χ4n) is 4.38. The molecule has 2 heterocycles. The zero-order chi connectivity index (χ0) is 20.5. The van der Waals surface area contributed by atoms with Crippen LogP contribution >= 0.6 is 0 Å². The standard InChI is InChI=1S/C22H28N2O4/c1-22(2,3)28-21(26)24-17-6-5-7-18(24)11-16(10-17)20(25)14-8-9-15(13-23)19(12-14)27-4/h8-9,12,16-18H,5-7,10-11H2,1-4H3. The number of piperidine rings is 2. The molecule has 28 heavy (non-hydrogen) atoms. The Bertz CT molecular complexity index is 792. The van der Waals surface area contributed by atoms with Crippen LogP contribution in [0.1, 0.15) is 68.8 Å². The summed E-state index contributed by atoms with van der Waals surface area (Å²) in [4.78, 5) is 27.7. The van der Waals surface area contributed by atoms with Gasteiger partial charge in [-0.05, 0) is 71.1 Å². The van der Waals surface area contributed by atoms with Crippen LogP contribution in [0.25, 0.3) is 0 Å². The summed E-state index contributed by atoms with van der Waals surface area (Å²) < 4.78 is 10.8. The number of amides is 1. The number of hydrogen-bond donors (Lipinski definition) is 0. The molecular weight excluding hydrogens is 356 g/mol. The maximum absolute atomic E-state index is 13.1. The number of nitrogens with zero attached hydrogens (tertiary/aromatic N) is 2. The van der Waals surface area contributed by atoms with Crippen LogP contribution in [0.15, 0.2) is 18.2 Å². The molecule has 0 radical (unpaired) electrons. The Hall–Kier alpha value is -2.55. The largest absolute Gasteiger partial charge is 0.495 e. The first-order valence-corrected chi connectivity index (χ1v) is 9.87. The average molecular weight is 384 g/mol. The summed E-state index contributed by atoms with van der Waals surface area (Å²) in [6, 6.07) is 7.12. The van der Waals surface area contributed by atoms with Crippen molar-refractivity contribution in [3.05, 3.63) is 29.3 Å². The van der Waals surface area contributed by atoms with Crippen molar-refractivity contribution in [3.8, 4) is 11.8 Å². The first-order valence-electron chi connectivity index (χ1n) is 9.87. The Morgan fingerprint density at radius 3 is 2.36 bits per heavy atom. The van der Waals surface area contributed by atoms with Crippen LogP contribution in [0.5, 0.6) is 5.75 Å². The third-order valence-electron chi connectivity index (χ3n) is 5.56. The van der Waals surface area contributed by atoms with Crippen molar-refractivity contribution in [2.75, 3.05) is 7.11 Å². The second kappa shape index (κ2) is 7.83. The molecule has 1 aromatic rings. The van der Waals surface area contributed by atoms with E-state index in [1.807, 2.05) is 25.7 Å². The van der Waals surface area contributed by atoms with Gasteiger partial charge in [-0.1, -0.05) is 0 Å². The number of benzene rings is 1. The quantitative estimate of drug-likeness (QED) is 0.725. The molecule has 2 aliphatic heterocycles. The van der Waals surface area contributed by atoms with Gasteiger partial charge in [0.05, 0.1) is 12.7 Å². The van der Waals surface area contributed by atoms with Crippen LogP contribution in [0.3, 0.4) is 0 Å². The molecule has 2 bridgehead atoms. The van der Waals surface area contributed by atoms with Crippen LogP contribution in [-0.2, 0) is 4.74 Å². The van der Waals surface area contributed by atoms with E-state index in [0.29, 0.717) is 29.7 Å². The third kappa shape index (κ3) is 4.14. The summed E-state index contributed by atoms with van der Waals surface area (Å²) in [6.07, 6.45) is 3.90. The van der Waals surface area contributed by atoms with Crippen molar-refractivity contribution in [2.24, 2.45) is 5.92 Å². The normalized spacial score (nSPS) is 24.2. The molecule has 0 spiro atoms. The fraction of sp³-hybridized carbons (Fsp3) is 0.591. The van der Waals surface area contributed by atoms with Crippen molar-refractivity contribution in [1.82, 2.24) is 4.90 Å². The molecule has 2 unspecified atom stereocenters. The number of ketones is 1. The molecule has 2 saturated heterocycles. The van der Waals surface area contributed by atoms with E-state index in [2.05, 4.69) is 6.07 Å². The number of carbonyl (C=O) groups is 2. The molecule has 1 aromatic carbocycles. The molecular formula is C22H28N2O4. The summed E-state index contributed by atoms with van der Waals surface area (Å²) in [5.74, 6) is 0.342. The van der Waals surface area contributed by atoms with Gasteiger partial charge in [-0.15, -0.1) is 0 Å². The molecule has 2 atom stereocenters. The number of carbonyl (C=O) groups excluding carboxylic acids is 2. The Morgan fingerprint density at radius 2 is 1.82 bits per heavy atom. The first kappa shape index (κ1) is 20.2. The second-order valence-electron chi connectivity index (χ2n) is 8.69. The van der Waals surface area contributed by atoms with Crippen LogP contribution in [0, 0.1) is 17.2 Å². The minimum Gasteiger partial charge on any atom is -0.495 e. The van der Waals surface area contributed by atoms with Gasteiger partial charge in [-0.2, -0.15) is 5.26 Å². The van der Waals surface area contributed by atoms with Gasteiger partial charge in [0.15, 0.2) is 5.78 Å². The smallest absolute Gasteiger partial charge is 0.410 e. The van der Waals surface area contributed by atoms with Gasteiger partial charge in [-0.3, -0.25) is 4.79 Å². The number of hydrogen-bond acceptors (Lipinski definition) is 5. The minimum absolute atomic E-state index is 0.0385. The van der Waals surface area contributed by atoms with Crippen LogP contribution < -0.4 is 4.74 Å². The number of nitriles is 1. The topological polar surface area (TPSA) is 79.6 Å². The van der Waals surface area contributed by atoms with Crippen LogP contribution in [0.4, 0.5) is 4.79 Å². The number of Topliss-reactive ketones (excluding diaryl/α,β-unsaturated/α-hetero) is 1. The molecule has 2 aliphatic rings. The zero-order valence-electron chi connectivity index (χ0n) is 17.0. The molecule has 3 rings (SSSR count). The SMILES string of the molecule is COc1cc(C(=O)C2CC3CCCC(C2)N3C(=O)OC(C)(C)C)ccc1C#N. The highest BCUT2D eigenvalue weighted by Crippen LogP contribution is 2.39. The Balaban J connectivity index is 1.77. The second-order valence-corrected chi connectivity index (χ2v) is 8.69. The Morgan fingerprint density at radius 1 is 1.18 bits per heavy atom. The molecule has 0 aliphatic carbocycles. The number of methoxy groups -OCH3 is 1. The molecule has 2 fully saturated rings. The molecule has 0 N–H and O–H groups in total. The van der Waals surface area contributed by atoms with Gasteiger partial charge in [-0.25, -0.2) is 4.79 Å². The lowest BCUT2D eigenvalue weighted by atomic mass is 9.76. The van der Waals surface area contributed by atoms with Crippen molar-refractivity contribution in [3.63, 3.8) is 0 Å². The summed E-state index contributed by atoms with van der Waals surface area (Å²) in [7, 11) is 1.49. The van der Waals surface area contributed by atoms with Crippen molar-refractivity contribution in [2.45, 2.75) is 70.6 Å². The zero-order valence-corrected chi connectivity index (χ0v) is 17.0. The van der Waals surface area contributed by atoms with E-state index in [4.69, 9.17) is 14.7 Å². The van der Waals surface area contributed by atoms with E-state index >= 15 is 0 Å². The van der Waals surface area contributed by atoms with E-state index in [-0.39, 0.29) is 29.9 Å². The maximum Gasteiger partial charge on any atom is 0.410 e. The van der Waals surface area contributed by atoms with Crippen LogP contribution in [-0.4, -0.2) is 41.6 Å². The molecule has 0 saturated carbocycles. The molecule has 1 amide bonds. The highest BCUT2D eigenvalue weighted by molar-refractivity contribution is 5.98.